The number of methoxy groups -OCH3 is 1. The Morgan fingerprint density at radius 1 is 1.11 bits per heavy atom. The molecule has 0 fully saturated rings. The Morgan fingerprint density at radius 2 is 1.79 bits per heavy atom. The summed E-state index contributed by atoms with van der Waals surface area (Å²) in [4.78, 5) is 0. The van der Waals surface area contributed by atoms with Crippen LogP contribution in [0.4, 0.5) is 14.5 Å². The van der Waals surface area contributed by atoms with Gasteiger partial charge in [0.1, 0.15) is 17.4 Å². The first-order valence-electron chi connectivity index (χ1n) is 5.61. The molecule has 19 heavy (non-hydrogen) atoms. The molecule has 5 heteroatoms. The van der Waals surface area contributed by atoms with Crippen molar-refractivity contribution >= 4 is 21.6 Å². The topological polar surface area (TPSA) is 21.3 Å². The molecule has 100 valence electrons. The van der Waals surface area contributed by atoms with Crippen molar-refractivity contribution in [2.75, 3.05) is 12.4 Å². The van der Waals surface area contributed by atoms with Crippen molar-refractivity contribution in [1.82, 2.24) is 0 Å². The van der Waals surface area contributed by atoms with E-state index in [0.717, 1.165) is 23.4 Å². The number of hydrogen-bond acceptors (Lipinski definition) is 2. The highest BCUT2D eigenvalue weighted by Crippen LogP contribution is 2.24. The Balaban J connectivity index is 2.07. The third-order valence-corrected chi connectivity index (χ3v) is 3.26. The van der Waals surface area contributed by atoms with E-state index >= 15 is 0 Å². The van der Waals surface area contributed by atoms with Crippen LogP contribution < -0.4 is 10.1 Å². The van der Waals surface area contributed by atoms with Crippen LogP contribution in [0.15, 0.2) is 40.9 Å². The van der Waals surface area contributed by atoms with Crippen LogP contribution in [-0.4, -0.2) is 7.11 Å². The Morgan fingerprint density at radius 3 is 2.42 bits per heavy atom. The van der Waals surface area contributed by atoms with Gasteiger partial charge in [0.25, 0.3) is 0 Å². The molecule has 0 spiro atoms. The lowest BCUT2D eigenvalue weighted by Gasteiger charge is -2.09. The van der Waals surface area contributed by atoms with Crippen molar-refractivity contribution in [3.05, 3.63) is 58.1 Å². The molecule has 0 unspecified atom stereocenters. The number of halogens is 3. The van der Waals surface area contributed by atoms with E-state index in [2.05, 4.69) is 21.2 Å². The number of hydrogen-bond donors (Lipinski definition) is 1. The maximum Gasteiger partial charge on any atom is 0.147 e. The second-order valence-corrected chi connectivity index (χ2v) is 4.80. The van der Waals surface area contributed by atoms with Crippen molar-refractivity contribution in [3.63, 3.8) is 0 Å². The Labute approximate surface area is 118 Å². The number of benzene rings is 2. The van der Waals surface area contributed by atoms with Crippen LogP contribution in [-0.2, 0) is 6.54 Å². The van der Waals surface area contributed by atoms with Crippen molar-refractivity contribution in [2.45, 2.75) is 6.54 Å². The standard InChI is InChI=1S/C14H12BrF2NO/c1-19-10-4-2-9(3-5-10)8-18-14-7-12(16)11(15)6-13(14)17/h2-7,18H,8H2,1H3. The molecule has 0 atom stereocenters. The van der Waals surface area contributed by atoms with Gasteiger partial charge in [-0.1, -0.05) is 12.1 Å². The van der Waals surface area contributed by atoms with Gasteiger partial charge < -0.3 is 10.1 Å². The van der Waals surface area contributed by atoms with E-state index in [0.29, 0.717) is 6.54 Å². The summed E-state index contributed by atoms with van der Waals surface area (Å²) in [6, 6.07) is 9.58. The summed E-state index contributed by atoms with van der Waals surface area (Å²) in [5.74, 6) is -0.245. The number of nitrogens with one attached hydrogen (secondary N) is 1. The third-order valence-electron chi connectivity index (χ3n) is 2.65. The van der Waals surface area contributed by atoms with E-state index in [1.54, 1.807) is 7.11 Å². The molecular weight excluding hydrogens is 316 g/mol. The zero-order chi connectivity index (χ0) is 13.8. The maximum absolute atomic E-state index is 13.6. The minimum atomic E-state index is -0.501. The lowest BCUT2D eigenvalue weighted by Crippen LogP contribution is -2.02. The highest BCUT2D eigenvalue weighted by Gasteiger charge is 2.07. The van der Waals surface area contributed by atoms with E-state index in [-0.39, 0.29) is 10.2 Å². The largest absolute Gasteiger partial charge is 0.497 e. The van der Waals surface area contributed by atoms with E-state index < -0.39 is 11.6 Å². The predicted octanol–water partition coefficient (Wildman–Crippen LogP) is 4.35. The zero-order valence-electron chi connectivity index (χ0n) is 10.2. The predicted molar refractivity (Wildman–Crippen MR) is 74.4 cm³/mol. The van der Waals surface area contributed by atoms with Crippen molar-refractivity contribution in [3.8, 4) is 5.75 Å². The first-order chi connectivity index (χ1) is 9.10. The maximum atomic E-state index is 13.6. The fourth-order valence-electron chi connectivity index (χ4n) is 1.60. The molecule has 2 aromatic carbocycles. The normalized spacial score (nSPS) is 10.3. The van der Waals surface area contributed by atoms with Gasteiger partial charge in [-0.05, 0) is 39.7 Å². The van der Waals surface area contributed by atoms with Crippen LogP contribution in [0.2, 0.25) is 0 Å². The molecule has 2 rings (SSSR count). The molecule has 0 radical (unpaired) electrons. The van der Waals surface area contributed by atoms with Crippen LogP contribution in [0.1, 0.15) is 5.56 Å². The zero-order valence-corrected chi connectivity index (χ0v) is 11.8. The monoisotopic (exact) mass is 327 g/mol. The second-order valence-electron chi connectivity index (χ2n) is 3.95. The molecule has 0 aliphatic carbocycles. The average Bonchev–Trinajstić information content (AvgIpc) is 2.42. The molecule has 0 saturated carbocycles. The van der Waals surface area contributed by atoms with Gasteiger partial charge in [0.15, 0.2) is 0 Å². The summed E-state index contributed by atoms with van der Waals surface area (Å²) in [6.45, 7) is 0.405. The average molecular weight is 328 g/mol. The van der Waals surface area contributed by atoms with Crippen LogP contribution >= 0.6 is 15.9 Å². The summed E-state index contributed by atoms with van der Waals surface area (Å²) in [6.07, 6.45) is 0. The molecule has 0 aliphatic rings. The Kier molecular flexibility index (Phi) is 4.37. The van der Waals surface area contributed by atoms with Crippen LogP contribution in [0.25, 0.3) is 0 Å². The third kappa shape index (κ3) is 3.44. The van der Waals surface area contributed by atoms with Crippen molar-refractivity contribution in [2.24, 2.45) is 0 Å². The number of rotatable bonds is 4. The highest BCUT2D eigenvalue weighted by atomic mass is 79.9. The fraction of sp³-hybridized carbons (Fsp3) is 0.143. The van der Waals surface area contributed by atoms with Gasteiger partial charge in [-0.15, -0.1) is 0 Å². The van der Waals surface area contributed by atoms with Crippen molar-refractivity contribution < 1.29 is 13.5 Å². The second kappa shape index (κ2) is 6.02. The first kappa shape index (κ1) is 13.8. The van der Waals surface area contributed by atoms with E-state index in [1.807, 2.05) is 24.3 Å². The molecular formula is C14H12BrF2NO. The number of ether oxygens (including phenoxy) is 1. The first-order valence-corrected chi connectivity index (χ1v) is 6.41. The SMILES string of the molecule is COc1ccc(CNc2cc(F)c(Br)cc2F)cc1. The summed E-state index contributed by atoms with van der Waals surface area (Å²) >= 11 is 2.94. The van der Waals surface area contributed by atoms with E-state index in [9.17, 15) is 8.78 Å². The van der Waals surface area contributed by atoms with E-state index in [4.69, 9.17) is 4.74 Å². The summed E-state index contributed by atoms with van der Waals surface area (Å²) in [5.41, 5.74) is 1.08. The quantitative estimate of drug-likeness (QED) is 0.843. The summed E-state index contributed by atoms with van der Waals surface area (Å²) in [7, 11) is 1.59. The summed E-state index contributed by atoms with van der Waals surface area (Å²) < 4.78 is 32.0. The van der Waals surface area contributed by atoms with Crippen LogP contribution in [0, 0.1) is 11.6 Å². The minimum absolute atomic E-state index is 0.111. The lowest BCUT2D eigenvalue weighted by molar-refractivity contribution is 0.414. The van der Waals surface area contributed by atoms with Gasteiger partial charge in [-0.3, -0.25) is 0 Å². The molecule has 0 amide bonds. The lowest BCUT2D eigenvalue weighted by atomic mass is 10.2. The molecule has 2 aromatic rings. The molecule has 0 bridgehead atoms. The molecule has 0 aromatic heterocycles. The van der Waals surface area contributed by atoms with Crippen LogP contribution in [0.5, 0.6) is 5.75 Å². The molecule has 1 N–H and O–H groups in total. The minimum Gasteiger partial charge on any atom is -0.497 e. The smallest absolute Gasteiger partial charge is 0.147 e. The molecule has 0 heterocycles. The molecule has 0 aliphatic heterocycles. The fourth-order valence-corrected chi connectivity index (χ4v) is 1.91. The van der Waals surface area contributed by atoms with Gasteiger partial charge in [0.05, 0.1) is 17.3 Å². The van der Waals surface area contributed by atoms with Gasteiger partial charge in [-0.25, -0.2) is 8.78 Å². The van der Waals surface area contributed by atoms with Gasteiger partial charge >= 0.3 is 0 Å². The molecule has 2 nitrogen and oxygen atoms in total. The van der Waals surface area contributed by atoms with Crippen LogP contribution in [0.3, 0.4) is 0 Å². The summed E-state index contributed by atoms with van der Waals surface area (Å²) in [5, 5.41) is 2.86. The Hall–Kier alpha value is -1.62. The highest BCUT2D eigenvalue weighted by molar-refractivity contribution is 9.10. The molecule has 0 saturated heterocycles. The Bertz CT molecular complexity index is 572. The van der Waals surface area contributed by atoms with E-state index in [1.165, 1.54) is 0 Å². The van der Waals surface area contributed by atoms with Gasteiger partial charge in [0, 0.05) is 12.6 Å². The van der Waals surface area contributed by atoms with Gasteiger partial charge in [0.2, 0.25) is 0 Å². The number of anilines is 1. The van der Waals surface area contributed by atoms with Crippen molar-refractivity contribution in [1.29, 1.82) is 0 Å². The van der Waals surface area contributed by atoms with Gasteiger partial charge in [-0.2, -0.15) is 0 Å².